The average molecular weight is 414 g/mol. The molecule has 1 atom stereocenters. The smallest absolute Gasteiger partial charge is 0.411 e. The minimum Gasteiger partial charge on any atom is -0.465 e. The van der Waals surface area contributed by atoms with Gasteiger partial charge >= 0.3 is 12.1 Å². The molecule has 0 saturated carbocycles. The molecule has 2 amide bonds. The normalized spacial score (nSPS) is 16.9. The van der Waals surface area contributed by atoms with Gasteiger partial charge in [-0.2, -0.15) is 0 Å². The van der Waals surface area contributed by atoms with Gasteiger partial charge in [-0.1, -0.05) is 0 Å². The Hall–Kier alpha value is -2.75. The number of ether oxygens (including phenoxy) is 3. The molecule has 1 aromatic rings. The molecule has 0 aromatic heterocycles. The first-order valence-corrected chi connectivity index (χ1v) is 8.95. The van der Waals surface area contributed by atoms with Gasteiger partial charge in [0.1, 0.15) is 28.8 Å². The van der Waals surface area contributed by atoms with E-state index in [0.717, 1.165) is 19.2 Å². The number of halogens is 2. The van der Waals surface area contributed by atoms with Crippen molar-refractivity contribution in [3.8, 4) is 0 Å². The van der Waals surface area contributed by atoms with Gasteiger partial charge < -0.3 is 19.5 Å². The quantitative estimate of drug-likeness (QED) is 0.758. The first-order valence-electron chi connectivity index (χ1n) is 8.95. The predicted octanol–water partition coefficient (Wildman–Crippen LogP) is 2.00. The summed E-state index contributed by atoms with van der Waals surface area (Å²) in [6, 6.07) is 0.916. The number of nitrogens with zero attached hydrogens (tertiary/aromatic N) is 1. The van der Waals surface area contributed by atoms with Gasteiger partial charge in [0.25, 0.3) is 0 Å². The molecule has 0 unspecified atom stereocenters. The highest BCUT2D eigenvalue weighted by Gasteiger charge is 2.35. The molecule has 2 rings (SSSR count). The fraction of sp³-hybridized carbons (Fsp3) is 0.526. The lowest BCUT2D eigenvalue weighted by molar-refractivity contribution is -0.132. The zero-order valence-electron chi connectivity index (χ0n) is 16.7. The van der Waals surface area contributed by atoms with E-state index in [1.807, 2.05) is 0 Å². The van der Waals surface area contributed by atoms with Crippen LogP contribution in [-0.4, -0.2) is 61.4 Å². The fourth-order valence-electron chi connectivity index (χ4n) is 2.69. The van der Waals surface area contributed by atoms with E-state index in [4.69, 9.17) is 9.47 Å². The Morgan fingerprint density at radius 3 is 2.41 bits per heavy atom. The standard InChI is InChI=1S/C19H24F2N2O6/c1-19(2,3)29-18(26)23-5-6-28-10-14(23)16(24)22-9-11-7-12(20)15(13(21)8-11)17(25)27-4/h7-8,14H,5-6,9-10H2,1-4H3,(H,22,24)/t14-/m1/s1. The molecule has 1 fully saturated rings. The maximum Gasteiger partial charge on any atom is 0.411 e. The van der Waals surface area contributed by atoms with Gasteiger partial charge in [0, 0.05) is 13.1 Å². The molecular formula is C19H24F2N2O6. The molecule has 0 radical (unpaired) electrons. The van der Waals surface area contributed by atoms with Crippen LogP contribution in [0.1, 0.15) is 36.7 Å². The zero-order valence-corrected chi connectivity index (χ0v) is 16.7. The van der Waals surface area contributed by atoms with E-state index in [1.54, 1.807) is 20.8 Å². The monoisotopic (exact) mass is 414 g/mol. The van der Waals surface area contributed by atoms with Crippen LogP contribution >= 0.6 is 0 Å². The van der Waals surface area contributed by atoms with Crippen molar-refractivity contribution < 1.29 is 37.4 Å². The molecule has 1 saturated heterocycles. The number of carbonyl (C=O) groups excluding carboxylic acids is 3. The summed E-state index contributed by atoms with van der Waals surface area (Å²) < 4.78 is 42.9. The van der Waals surface area contributed by atoms with Crippen molar-refractivity contribution in [3.63, 3.8) is 0 Å². The average Bonchev–Trinajstić information content (AvgIpc) is 2.64. The molecule has 1 aliphatic rings. The van der Waals surface area contributed by atoms with E-state index in [-0.39, 0.29) is 31.9 Å². The summed E-state index contributed by atoms with van der Waals surface area (Å²) in [5.74, 6) is -3.90. The summed E-state index contributed by atoms with van der Waals surface area (Å²) in [6.07, 6.45) is -0.652. The van der Waals surface area contributed by atoms with Crippen LogP contribution in [0.25, 0.3) is 0 Å². The Morgan fingerprint density at radius 2 is 1.86 bits per heavy atom. The Morgan fingerprint density at radius 1 is 1.24 bits per heavy atom. The molecule has 1 aromatic carbocycles. The predicted molar refractivity (Wildman–Crippen MR) is 97.1 cm³/mol. The lowest BCUT2D eigenvalue weighted by Crippen LogP contribution is -2.56. The summed E-state index contributed by atoms with van der Waals surface area (Å²) in [5.41, 5.74) is -1.44. The summed E-state index contributed by atoms with van der Waals surface area (Å²) in [4.78, 5) is 37.5. The van der Waals surface area contributed by atoms with Crippen molar-refractivity contribution in [2.75, 3.05) is 26.9 Å². The Kier molecular flexibility index (Phi) is 7.12. The van der Waals surface area contributed by atoms with Crippen LogP contribution in [0.2, 0.25) is 0 Å². The third kappa shape index (κ3) is 5.86. The van der Waals surface area contributed by atoms with Crippen molar-refractivity contribution in [2.45, 2.75) is 39.0 Å². The molecule has 0 spiro atoms. The van der Waals surface area contributed by atoms with Crippen LogP contribution < -0.4 is 5.32 Å². The lowest BCUT2D eigenvalue weighted by Gasteiger charge is -2.35. The first-order chi connectivity index (χ1) is 13.5. The van der Waals surface area contributed by atoms with Crippen LogP contribution in [0.3, 0.4) is 0 Å². The van der Waals surface area contributed by atoms with E-state index < -0.39 is 46.8 Å². The van der Waals surface area contributed by atoms with Crippen LogP contribution in [0.5, 0.6) is 0 Å². The van der Waals surface area contributed by atoms with Gasteiger partial charge in [-0.15, -0.1) is 0 Å². The second-order valence-corrected chi connectivity index (χ2v) is 7.41. The van der Waals surface area contributed by atoms with E-state index in [9.17, 15) is 23.2 Å². The number of carbonyl (C=O) groups is 3. The molecule has 1 aliphatic heterocycles. The molecular weight excluding hydrogens is 390 g/mol. The molecule has 1 heterocycles. The number of benzene rings is 1. The van der Waals surface area contributed by atoms with Crippen molar-refractivity contribution in [1.82, 2.24) is 10.2 Å². The molecule has 29 heavy (non-hydrogen) atoms. The highest BCUT2D eigenvalue weighted by molar-refractivity contribution is 5.90. The second-order valence-electron chi connectivity index (χ2n) is 7.41. The SMILES string of the molecule is COC(=O)c1c(F)cc(CNC(=O)[C@H]2COCCN2C(=O)OC(C)(C)C)cc1F. The largest absolute Gasteiger partial charge is 0.465 e. The number of rotatable bonds is 4. The second kappa shape index (κ2) is 9.17. The van der Waals surface area contributed by atoms with E-state index in [0.29, 0.717) is 0 Å². The van der Waals surface area contributed by atoms with E-state index in [1.165, 1.54) is 4.90 Å². The first kappa shape index (κ1) is 22.5. The van der Waals surface area contributed by atoms with Crippen LogP contribution in [-0.2, 0) is 25.5 Å². The van der Waals surface area contributed by atoms with Crippen molar-refractivity contribution in [1.29, 1.82) is 0 Å². The lowest BCUT2D eigenvalue weighted by atomic mass is 10.1. The minimum absolute atomic E-state index is 0.0327. The molecule has 0 aliphatic carbocycles. The minimum atomic E-state index is -1.14. The highest BCUT2D eigenvalue weighted by atomic mass is 19.1. The summed E-state index contributed by atoms with van der Waals surface area (Å²) in [6.45, 7) is 5.31. The third-order valence-electron chi connectivity index (χ3n) is 4.02. The van der Waals surface area contributed by atoms with E-state index in [2.05, 4.69) is 10.1 Å². The van der Waals surface area contributed by atoms with Crippen LogP contribution in [0.15, 0.2) is 12.1 Å². The molecule has 10 heteroatoms. The Balaban J connectivity index is 2.07. The number of methoxy groups -OCH3 is 1. The van der Waals surface area contributed by atoms with E-state index >= 15 is 0 Å². The topological polar surface area (TPSA) is 94.2 Å². The van der Waals surface area contributed by atoms with Crippen molar-refractivity contribution in [3.05, 3.63) is 34.9 Å². The van der Waals surface area contributed by atoms with Gasteiger partial charge in [-0.3, -0.25) is 9.69 Å². The number of hydrogen-bond donors (Lipinski definition) is 1. The number of hydrogen-bond acceptors (Lipinski definition) is 6. The molecule has 8 nitrogen and oxygen atoms in total. The summed E-state index contributed by atoms with van der Waals surface area (Å²) in [5, 5.41) is 2.52. The maximum atomic E-state index is 14.0. The number of nitrogens with one attached hydrogen (secondary N) is 1. The van der Waals surface area contributed by atoms with Crippen LogP contribution in [0.4, 0.5) is 13.6 Å². The fourth-order valence-corrected chi connectivity index (χ4v) is 2.69. The van der Waals surface area contributed by atoms with Gasteiger partial charge in [0.2, 0.25) is 5.91 Å². The zero-order chi connectivity index (χ0) is 21.8. The van der Waals surface area contributed by atoms with Gasteiger partial charge in [-0.25, -0.2) is 18.4 Å². The summed E-state index contributed by atoms with van der Waals surface area (Å²) in [7, 11) is 1.01. The van der Waals surface area contributed by atoms with Crippen molar-refractivity contribution >= 4 is 18.0 Å². The number of morpholine rings is 1. The summed E-state index contributed by atoms with van der Waals surface area (Å²) >= 11 is 0. The molecule has 160 valence electrons. The third-order valence-corrected chi connectivity index (χ3v) is 4.02. The van der Waals surface area contributed by atoms with Crippen LogP contribution in [0, 0.1) is 11.6 Å². The molecule has 1 N–H and O–H groups in total. The Labute approximate surface area is 167 Å². The maximum absolute atomic E-state index is 14.0. The molecule has 0 bridgehead atoms. The number of esters is 1. The number of amides is 2. The van der Waals surface area contributed by atoms with Gasteiger partial charge in [0.15, 0.2) is 0 Å². The highest BCUT2D eigenvalue weighted by Crippen LogP contribution is 2.18. The van der Waals surface area contributed by atoms with Gasteiger partial charge in [0.05, 0.1) is 20.3 Å². The van der Waals surface area contributed by atoms with Crippen molar-refractivity contribution in [2.24, 2.45) is 0 Å². The Bertz CT molecular complexity index is 770. The van der Waals surface area contributed by atoms with Gasteiger partial charge in [-0.05, 0) is 38.5 Å².